The first-order valence-electron chi connectivity index (χ1n) is 14.0. The number of phenolic OH excluding ortho intramolecular Hbond substituents is 2. The smallest absolute Gasteiger partial charge is 0.870 e. The van der Waals surface area contributed by atoms with Crippen molar-refractivity contribution in [2.24, 2.45) is 16.0 Å². The summed E-state index contributed by atoms with van der Waals surface area (Å²) >= 11 is -2.26. The summed E-state index contributed by atoms with van der Waals surface area (Å²) in [5.74, 6) is 0.418. The van der Waals surface area contributed by atoms with Gasteiger partial charge in [-0.3, -0.25) is 20.1 Å². The second kappa shape index (κ2) is 17.7. The Morgan fingerprint density at radius 1 is 0.720 bits per heavy atom. The summed E-state index contributed by atoms with van der Waals surface area (Å²) in [5.41, 5.74) is 7.64. The van der Waals surface area contributed by atoms with E-state index in [0.29, 0.717) is 11.1 Å². The maximum absolute atomic E-state index is 11.0. The van der Waals surface area contributed by atoms with E-state index in [0.717, 1.165) is 32.9 Å². The van der Waals surface area contributed by atoms with Gasteiger partial charge in [0, 0.05) is 27.6 Å². The van der Waals surface area contributed by atoms with Crippen molar-refractivity contribution in [1.29, 1.82) is 5.41 Å². The van der Waals surface area contributed by atoms with E-state index in [1.807, 2.05) is 72.8 Å². The molecule has 7 aromatic rings. The van der Waals surface area contributed by atoms with Crippen molar-refractivity contribution in [2.45, 2.75) is 0 Å². The number of fused-ring (bicyclic) bond motifs is 3. The van der Waals surface area contributed by atoms with Gasteiger partial charge in [-0.15, -0.1) is 25.2 Å². The van der Waals surface area contributed by atoms with Crippen LogP contribution in [0, 0.1) is 15.5 Å². The number of nitrogens with two attached hydrogens (primary N) is 1. The zero-order valence-electron chi connectivity index (χ0n) is 26.2. The van der Waals surface area contributed by atoms with Crippen molar-refractivity contribution in [2.75, 3.05) is 0 Å². The molecule has 0 aliphatic heterocycles. The summed E-state index contributed by atoms with van der Waals surface area (Å²) in [7, 11) is 0. The van der Waals surface area contributed by atoms with E-state index in [1.54, 1.807) is 35.1 Å². The maximum Gasteiger partial charge on any atom is 1.00 e. The van der Waals surface area contributed by atoms with Crippen molar-refractivity contribution in [3.8, 4) is 17.2 Å². The number of nitro benzene ring substituents is 1. The Morgan fingerprint density at radius 3 is 1.72 bits per heavy atom. The normalized spacial score (nSPS) is 11.0. The zero-order valence-corrected chi connectivity index (χ0v) is 29.0. The number of hydrogen-bond donors (Lipinski definition) is 5. The predicted octanol–water partition coefficient (Wildman–Crippen LogP) is 4.08. The average Bonchev–Trinajstić information content (AvgIpc) is 3.53. The zero-order chi connectivity index (χ0) is 34.2. The van der Waals surface area contributed by atoms with E-state index in [2.05, 4.69) is 26.2 Å². The molecule has 1 heterocycles. The molecule has 0 bridgehead atoms. The van der Waals surface area contributed by atoms with E-state index >= 15 is 0 Å². The number of aromatic hydroxyl groups is 2. The maximum atomic E-state index is 11.0. The van der Waals surface area contributed by atoms with E-state index < -0.39 is 21.2 Å². The minimum Gasteiger partial charge on any atom is -0.870 e. The Hall–Kier alpha value is -5.62. The SMILES string of the molecule is N=C(N)S(=O)O.O=[N+]([O-])c1ccccc1N=Nc1ccc(O)c2ccccc12.Oc1ccc(-n2nc3ccccc3n2)c2ccccc12.[Na+].[OH-]. The number of nitro groups is 1. The molecule has 0 aliphatic carbocycles. The van der Waals surface area contributed by atoms with Crippen LogP contribution in [0.15, 0.2) is 132 Å². The molecular weight excluding hydrogens is 675 g/mol. The topological polar surface area (TPSA) is 256 Å². The number of amidine groups is 1. The van der Waals surface area contributed by atoms with Gasteiger partial charge in [0.1, 0.15) is 22.5 Å². The summed E-state index contributed by atoms with van der Waals surface area (Å²) in [4.78, 5) is 12.1. The number of rotatable bonds is 4. The third-order valence-corrected chi connectivity index (χ3v) is 7.17. The number of benzene rings is 6. The van der Waals surface area contributed by atoms with Crippen LogP contribution < -0.4 is 35.3 Å². The molecule has 0 aliphatic rings. The number of hydrogen-bond acceptors (Lipinski definition) is 11. The van der Waals surface area contributed by atoms with Crippen molar-refractivity contribution >= 4 is 65.9 Å². The molecule has 6 aromatic carbocycles. The van der Waals surface area contributed by atoms with Crippen LogP contribution in [0.1, 0.15) is 0 Å². The summed E-state index contributed by atoms with van der Waals surface area (Å²) in [6.45, 7) is 0. The molecule has 17 heteroatoms. The number of para-hydroxylation sites is 1. The molecule has 0 radical (unpaired) electrons. The molecule has 1 unspecified atom stereocenters. The Balaban J connectivity index is 0.000000226. The fourth-order valence-corrected chi connectivity index (χ4v) is 4.57. The standard InChI is InChI=1S/C16H11N3O3.C16H11N3O.CH4N2O2S.Na.H2O/c20-16-10-9-13(11-5-1-2-6-12(11)16)17-18-14-7-3-4-8-15(14)19(21)22;20-16-10-9-15(11-5-1-2-6-12(11)16)19-17-13-7-3-4-8-14(13)18-19;2-1(3)6(4)5;;/h1-10,20H;1-10,20H;(H3,2,3)(H,4,5);;1H2/q;;;+1;/p-1. The van der Waals surface area contributed by atoms with Crippen LogP contribution in [0.5, 0.6) is 11.5 Å². The first kappa shape index (κ1) is 38.8. The number of aromatic nitrogens is 3. The molecule has 15 nitrogen and oxygen atoms in total. The van der Waals surface area contributed by atoms with Crippen LogP contribution in [-0.2, 0) is 11.1 Å². The number of phenols is 2. The first-order valence-corrected chi connectivity index (χ1v) is 15.1. The molecule has 0 amide bonds. The molecule has 0 fully saturated rings. The Bertz CT molecular complexity index is 2310. The quantitative estimate of drug-likeness (QED) is 0.0334. The molecule has 0 saturated heterocycles. The van der Waals surface area contributed by atoms with Crippen LogP contribution in [-0.4, -0.2) is 49.5 Å². The van der Waals surface area contributed by atoms with Gasteiger partial charge in [-0.1, -0.05) is 72.8 Å². The van der Waals surface area contributed by atoms with Crippen LogP contribution in [0.4, 0.5) is 17.1 Å². The van der Waals surface area contributed by atoms with Crippen molar-refractivity contribution in [1.82, 2.24) is 15.0 Å². The van der Waals surface area contributed by atoms with Crippen molar-refractivity contribution < 1.29 is 58.9 Å². The van der Waals surface area contributed by atoms with Gasteiger partial charge in [0.05, 0.1) is 16.3 Å². The summed E-state index contributed by atoms with van der Waals surface area (Å²) in [5, 5.41) is 56.3. The Morgan fingerprint density at radius 2 is 1.16 bits per heavy atom. The molecule has 1 atom stereocenters. The van der Waals surface area contributed by atoms with E-state index in [4.69, 9.17) is 9.96 Å². The Labute approximate surface area is 308 Å². The minimum atomic E-state index is -2.26. The predicted molar refractivity (Wildman–Crippen MR) is 186 cm³/mol. The van der Waals surface area contributed by atoms with Gasteiger partial charge >= 0.3 is 29.6 Å². The molecule has 7 N–H and O–H groups in total. The van der Waals surface area contributed by atoms with Gasteiger partial charge in [0.25, 0.3) is 5.69 Å². The van der Waals surface area contributed by atoms with Gasteiger partial charge in [-0.05, 0) is 42.5 Å². The van der Waals surface area contributed by atoms with Gasteiger partial charge in [0.15, 0.2) is 5.69 Å². The molecule has 7 rings (SSSR count). The van der Waals surface area contributed by atoms with Gasteiger partial charge in [0.2, 0.25) is 16.2 Å². The first-order chi connectivity index (χ1) is 23.1. The van der Waals surface area contributed by atoms with Gasteiger partial charge in [-0.25, -0.2) is 4.21 Å². The molecule has 0 saturated carbocycles. The fourth-order valence-electron chi connectivity index (χ4n) is 4.57. The van der Waals surface area contributed by atoms with Crippen molar-refractivity contribution in [3.63, 3.8) is 0 Å². The van der Waals surface area contributed by atoms with E-state index in [-0.39, 0.29) is 57.9 Å². The minimum absolute atomic E-state index is 0. The molecule has 1 aromatic heterocycles. The van der Waals surface area contributed by atoms with Gasteiger partial charge in [-0.2, -0.15) is 0 Å². The largest absolute Gasteiger partial charge is 1.00 e. The van der Waals surface area contributed by atoms with Crippen LogP contribution in [0.25, 0.3) is 38.3 Å². The molecule has 0 spiro atoms. The Kier molecular flexibility index (Phi) is 13.7. The molecule has 248 valence electrons. The number of azo groups is 1. The van der Waals surface area contributed by atoms with E-state index in [1.165, 1.54) is 18.2 Å². The van der Waals surface area contributed by atoms with Crippen molar-refractivity contribution in [3.05, 3.63) is 131 Å². The summed E-state index contributed by atoms with van der Waals surface area (Å²) < 4.78 is 17.2. The average molecular weight is 703 g/mol. The third kappa shape index (κ3) is 9.08. The second-order valence-electron chi connectivity index (χ2n) is 9.84. The van der Waals surface area contributed by atoms with Crippen LogP contribution >= 0.6 is 0 Å². The number of nitrogens with zero attached hydrogens (tertiary/aromatic N) is 6. The second-order valence-corrected chi connectivity index (χ2v) is 10.8. The molecular formula is C33H27N8NaO7S. The van der Waals surface area contributed by atoms with E-state index in [9.17, 15) is 24.5 Å². The summed E-state index contributed by atoms with van der Waals surface area (Å²) in [6.07, 6.45) is 0. The molecule has 50 heavy (non-hydrogen) atoms. The summed E-state index contributed by atoms with van der Waals surface area (Å²) in [6, 6.07) is 35.4. The third-order valence-electron chi connectivity index (χ3n) is 6.79. The van der Waals surface area contributed by atoms with Crippen LogP contribution in [0.2, 0.25) is 0 Å². The monoisotopic (exact) mass is 702 g/mol. The number of nitrogens with one attached hydrogen (secondary N) is 1. The van der Waals surface area contributed by atoms with Gasteiger partial charge < -0.3 is 21.4 Å². The van der Waals surface area contributed by atoms with Crippen LogP contribution in [0.3, 0.4) is 0 Å². The fraction of sp³-hybridized carbons (Fsp3) is 0.